The molecule has 0 fully saturated rings. The maximum atomic E-state index is 5.73. The third kappa shape index (κ3) is 3.35. The summed E-state index contributed by atoms with van der Waals surface area (Å²) in [5.41, 5.74) is 0. The Morgan fingerprint density at radius 3 is 2.86 bits per heavy atom. The molecule has 0 N–H and O–H groups in total. The largest absolute Gasteiger partial charge is 0.347 e. The van der Waals surface area contributed by atoms with Gasteiger partial charge in [-0.05, 0) is 6.07 Å². The van der Waals surface area contributed by atoms with E-state index in [2.05, 4.69) is 16.9 Å². The number of aromatic nitrogens is 2. The Kier molecular flexibility index (Phi) is 4.48. The van der Waals surface area contributed by atoms with E-state index in [9.17, 15) is 0 Å². The van der Waals surface area contributed by atoms with E-state index in [1.54, 1.807) is 18.0 Å². The number of hydrogen-bond donors (Lipinski definition) is 0. The molecule has 1 heterocycles. The zero-order chi connectivity index (χ0) is 10.6. The molecule has 1 aromatic heterocycles. The van der Waals surface area contributed by atoms with Crippen molar-refractivity contribution in [3.63, 3.8) is 0 Å². The minimum absolute atomic E-state index is 0.376. The lowest BCUT2D eigenvalue weighted by atomic mass is 10.6. The molecule has 0 spiro atoms. The van der Waals surface area contributed by atoms with Crippen molar-refractivity contribution in [2.45, 2.75) is 17.2 Å². The summed E-state index contributed by atoms with van der Waals surface area (Å²) in [4.78, 5) is 10.4. The van der Waals surface area contributed by atoms with Gasteiger partial charge in [0.2, 0.25) is 5.95 Å². The normalized spacial score (nSPS) is 12.6. The van der Waals surface area contributed by atoms with Gasteiger partial charge >= 0.3 is 0 Å². The Hall–Kier alpha value is -0.480. The Morgan fingerprint density at radius 2 is 2.29 bits per heavy atom. The molecule has 1 atom stereocenters. The molecule has 0 aliphatic carbocycles. The fourth-order valence-electron chi connectivity index (χ4n) is 0.851. The van der Waals surface area contributed by atoms with Crippen molar-refractivity contribution in [3.8, 4) is 0 Å². The number of thioether (sulfide) groups is 1. The SMILES string of the molecule is CC(CCl)Sc1ccnc(N(C)C)n1. The molecule has 78 valence electrons. The molecule has 1 unspecified atom stereocenters. The van der Waals surface area contributed by atoms with E-state index in [1.807, 2.05) is 25.1 Å². The first kappa shape index (κ1) is 11.6. The summed E-state index contributed by atoms with van der Waals surface area (Å²) in [6.45, 7) is 2.08. The van der Waals surface area contributed by atoms with Gasteiger partial charge in [-0.25, -0.2) is 9.97 Å². The highest BCUT2D eigenvalue weighted by molar-refractivity contribution is 7.99. The molecule has 0 amide bonds. The van der Waals surface area contributed by atoms with Gasteiger partial charge in [0.05, 0.1) is 0 Å². The van der Waals surface area contributed by atoms with Crippen LogP contribution in [0.15, 0.2) is 17.3 Å². The zero-order valence-corrected chi connectivity index (χ0v) is 10.1. The summed E-state index contributed by atoms with van der Waals surface area (Å²) in [6.07, 6.45) is 1.77. The molecular formula is C9H14ClN3S. The maximum absolute atomic E-state index is 5.73. The average molecular weight is 232 g/mol. The van der Waals surface area contributed by atoms with Crippen LogP contribution in [-0.4, -0.2) is 35.2 Å². The first-order valence-corrected chi connectivity index (χ1v) is 5.78. The number of alkyl halides is 1. The molecule has 3 nitrogen and oxygen atoms in total. The van der Waals surface area contributed by atoms with Crippen LogP contribution in [0.25, 0.3) is 0 Å². The van der Waals surface area contributed by atoms with Gasteiger partial charge < -0.3 is 4.90 Å². The fourth-order valence-corrected chi connectivity index (χ4v) is 1.79. The third-order valence-corrected chi connectivity index (χ3v) is 3.24. The molecule has 0 saturated carbocycles. The van der Waals surface area contributed by atoms with Gasteiger partial charge in [-0.3, -0.25) is 0 Å². The second-order valence-electron chi connectivity index (χ2n) is 3.17. The topological polar surface area (TPSA) is 29.0 Å². The van der Waals surface area contributed by atoms with Gasteiger partial charge in [0, 0.05) is 31.4 Å². The summed E-state index contributed by atoms with van der Waals surface area (Å²) in [6, 6.07) is 1.90. The van der Waals surface area contributed by atoms with Gasteiger partial charge in [0.1, 0.15) is 5.03 Å². The molecule has 0 aromatic carbocycles. The van der Waals surface area contributed by atoms with Crippen LogP contribution < -0.4 is 4.90 Å². The lowest BCUT2D eigenvalue weighted by molar-refractivity contribution is 0.946. The number of hydrogen-bond acceptors (Lipinski definition) is 4. The summed E-state index contributed by atoms with van der Waals surface area (Å²) in [5.74, 6) is 1.36. The fraction of sp³-hybridized carbons (Fsp3) is 0.556. The van der Waals surface area contributed by atoms with E-state index < -0.39 is 0 Å². The van der Waals surface area contributed by atoms with Crippen molar-refractivity contribution < 1.29 is 0 Å². The van der Waals surface area contributed by atoms with Gasteiger partial charge in [0.15, 0.2) is 0 Å². The van der Waals surface area contributed by atoms with Crippen LogP contribution in [0, 0.1) is 0 Å². The highest BCUT2D eigenvalue weighted by Gasteiger charge is 2.05. The minimum atomic E-state index is 0.376. The molecule has 5 heteroatoms. The van der Waals surface area contributed by atoms with Gasteiger partial charge in [-0.15, -0.1) is 23.4 Å². The van der Waals surface area contributed by atoms with E-state index in [1.165, 1.54) is 0 Å². The summed E-state index contributed by atoms with van der Waals surface area (Å²) in [7, 11) is 3.85. The Balaban J connectivity index is 2.73. The van der Waals surface area contributed by atoms with Crippen LogP contribution >= 0.6 is 23.4 Å². The standard InChI is InChI=1S/C9H14ClN3S/c1-7(6-10)14-8-4-5-11-9(12-8)13(2)3/h4-5,7H,6H2,1-3H3. The number of halogens is 1. The first-order chi connectivity index (χ1) is 6.63. The molecule has 14 heavy (non-hydrogen) atoms. The van der Waals surface area contributed by atoms with Crippen LogP contribution in [0.3, 0.4) is 0 Å². The minimum Gasteiger partial charge on any atom is -0.347 e. The van der Waals surface area contributed by atoms with Crippen LogP contribution in [0.4, 0.5) is 5.95 Å². The van der Waals surface area contributed by atoms with Crippen molar-refractivity contribution in [3.05, 3.63) is 12.3 Å². The summed E-state index contributed by atoms with van der Waals surface area (Å²) >= 11 is 7.39. The number of rotatable bonds is 4. The molecule has 0 saturated heterocycles. The van der Waals surface area contributed by atoms with E-state index in [-0.39, 0.29) is 0 Å². The first-order valence-electron chi connectivity index (χ1n) is 4.36. The highest BCUT2D eigenvalue weighted by atomic mass is 35.5. The molecular weight excluding hydrogens is 218 g/mol. The average Bonchev–Trinajstić information content (AvgIpc) is 2.18. The molecule has 0 bridgehead atoms. The van der Waals surface area contributed by atoms with Crippen molar-refractivity contribution in [1.29, 1.82) is 0 Å². The molecule has 1 aromatic rings. The Labute approximate surface area is 93.9 Å². The van der Waals surface area contributed by atoms with Gasteiger partial charge in [-0.1, -0.05) is 6.92 Å². The van der Waals surface area contributed by atoms with Crippen molar-refractivity contribution in [2.24, 2.45) is 0 Å². The monoisotopic (exact) mass is 231 g/mol. The molecule has 0 radical (unpaired) electrons. The van der Waals surface area contributed by atoms with Gasteiger partial charge in [0.25, 0.3) is 0 Å². The zero-order valence-electron chi connectivity index (χ0n) is 8.57. The van der Waals surface area contributed by atoms with Crippen LogP contribution in [0.1, 0.15) is 6.92 Å². The van der Waals surface area contributed by atoms with Crippen molar-refractivity contribution in [2.75, 3.05) is 24.9 Å². The van der Waals surface area contributed by atoms with Crippen molar-refractivity contribution >= 4 is 29.3 Å². The molecule has 0 aliphatic rings. The predicted octanol–water partition coefficient (Wildman–Crippen LogP) is 2.26. The quantitative estimate of drug-likeness (QED) is 0.452. The van der Waals surface area contributed by atoms with E-state index in [4.69, 9.17) is 11.6 Å². The lowest BCUT2D eigenvalue weighted by Crippen LogP contribution is -2.12. The number of anilines is 1. The van der Waals surface area contributed by atoms with Crippen molar-refractivity contribution in [1.82, 2.24) is 9.97 Å². The Bertz CT molecular complexity index is 293. The maximum Gasteiger partial charge on any atom is 0.225 e. The van der Waals surface area contributed by atoms with E-state index >= 15 is 0 Å². The summed E-state index contributed by atoms with van der Waals surface area (Å²) < 4.78 is 0. The van der Waals surface area contributed by atoms with Gasteiger partial charge in [-0.2, -0.15) is 0 Å². The second kappa shape index (κ2) is 5.41. The predicted molar refractivity (Wildman–Crippen MR) is 62.4 cm³/mol. The van der Waals surface area contributed by atoms with E-state index in [0.717, 1.165) is 11.0 Å². The Morgan fingerprint density at radius 1 is 1.57 bits per heavy atom. The third-order valence-electron chi connectivity index (χ3n) is 1.56. The molecule has 1 rings (SSSR count). The van der Waals surface area contributed by atoms with Crippen LogP contribution in [0.5, 0.6) is 0 Å². The highest BCUT2D eigenvalue weighted by Crippen LogP contribution is 2.22. The van der Waals surface area contributed by atoms with Crippen LogP contribution in [0.2, 0.25) is 0 Å². The number of nitrogens with zero attached hydrogens (tertiary/aromatic N) is 3. The van der Waals surface area contributed by atoms with Crippen LogP contribution in [-0.2, 0) is 0 Å². The molecule has 0 aliphatic heterocycles. The summed E-state index contributed by atoms with van der Waals surface area (Å²) in [5, 5.41) is 1.35. The lowest BCUT2D eigenvalue weighted by Gasteiger charge is -2.11. The smallest absolute Gasteiger partial charge is 0.225 e. The second-order valence-corrected chi connectivity index (χ2v) is 4.94. The van der Waals surface area contributed by atoms with E-state index in [0.29, 0.717) is 11.1 Å².